The minimum Gasteiger partial charge on any atom is -0.384 e. The van der Waals surface area contributed by atoms with Gasteiger partial charge in [0.05, 0.1) is 24.4 Å². The van der Waals surface area contributed by atoms with Crippen LogP contribution in [0.2, 0.25) is 0 Å². The molecule has 2 aliphatic rings. The lowest BCUT2D eigenvalue weighted by Gasteiger charge is -2.56. The van der Waals surface area contributed by atoms with E-state index in [0.717, 1.165) is 41.4 Å². The van der Waals surface area contributed by atoms with E-state index in [1.165, 1.54) is 13.0 Å². The Hall–Kier alpha value is -3.14. The Morgan fingerprint density at radius 2 is 2.06 bits per heavy atom. The number of aromatic nitrogens is 3. The van der Waals surface area contributed by atoms with Gasteiger partial charge in [0.1, 0.15) is 11.5 Å². The van der Waals surface area contributed by atoms with E-state index in [1.54, 1.807) is 0 Å². The van der Waals surface area contributed by atoms with Crippen LogP contribution in [0.1, 0.15) is 42.8 Å². The maximum Gasteiger partial charge on any atom is 0.433 e. The molecule has 1 unspecified atom stereocenters. The number of halogens is 3. The number of morpholine rings is 1. The maximum absolute atomic E-state index is 13.4. The molecule has 34 heavy (non-hydrogen) atoms. The lowest BCUT2D eigenvalue weighted by atomic mass is 9.93. The molecular weight excluding hydrogens is 445 g/mol. The third kappa shape index (κ3) is 4.46. The molecule has 2 saturated heterocycles. The molecule has 7 nitrogen and oxygen atoms in total. The molecule has 0 saturated carbocycles. The van der Waals surface area contributed by atoms with Crippen molar-refractivity contribution in [3.63, 3.8) is 0 Å². The number of pyridine rings is 1. The lowest BCUT2D eigenvalue weighted by molar-refractivity contribution is -0.199. The number of allylic oxidation sites excluding steroid dienone is 2. The van der Waals surface area contributed by atoms with Crippen molar-refractivity contribution in [3.8, 4) is 0 Å². The van der Waals surface area contributed by atoms with Crippen molar-refractivity contribution in [1.82, 2.24) is 20.1 Å². The zero-order valence-corrected chi connectivity index (χ0v) is 19.7. The molecule has 2 aromatic rings. The number of hydrogen-bond acceptors (Lipinski definition) is 7. The van der Waals surface area contributed by atoms with Gasteiger partial charge >= 0.3 is 6.18 Å². The second-order valence-corrected chi connectivity index (χ2v) is 8.55. The summed E-state index contributed by atoms with van der Waals surface area (Å²) < 4.78 is 45.7. The highest BCUT2D eigenvalue weighted by Crippen LogP contribution is 2.34. The number of hydrogen-bond donors (Lipinski definition) is 2. The summed E-state index contributed by atoms with van der Waals surface area (Å²) in [6, 6.07) is 1.84. The second-order valence-electron chi connectivity index (χ2n) is 8.55. The number of nitrogens with zero attached hydrogens (tertiary/aromatic N) is 4. The molecule has 0 bridgehead atoms. The van der Waals surface area contributed by atoms with Gasteiger partial charge < -0.3 is 20.7 Å². The number of ether oxygens (including phenoxy) is 1. The third-order valence-electron chi connectivity index (χ3n) is 6.36. The molecule has 2 aromatic heterocycles. The van der Waals surface area contributed by atoms with Gasteiger partial charge in [0.25, 0.3) is 0 Å². The standard InChI is InChI=1S/C24H29F3N6O/c1-5-7-16(33-11-20-19(33)12-34-20)9-18-17(6-2)14(4)31-32-23(18)29-10-15-8-21(28)30-22(13(15)3)24(25,26)27/h6-9,19-20H,5,10-12H2,1-4H3,(H2,28,30)(H,29,32)/b16-7-,17-6-,18-9+/t19?,20-/m0/s1. The van der Waals surface area contributed by atoms with E-state index >= 15 is 0 Å². The first-order valence-electron chi connectivity index (χ1n) is 11.3. The summed E-state index contributed by atoms with van der Waals surface area (Å²) in [6.07, 6.45) is 2.78. The Morgan fingerprint density at radius 3 is 2.62 bits per heavy atom. The van der Waals surface area contributed by atoms with E-state index in [-0.39, 0.29) is 17.9 Å². The Balaban J connectivity index is 1.73. The molecule has 0 aliphatic carbocycles. The molecule has 0 amide bonds. The van der Waals surface area contributed by atoms with Crippen LogP contribution in [-0.4, -0.2) is 45.4 Å². The highest BCUT2D eigenvalue weighted by molar-refractivity contribution is 5.55. The number of nitrogens with two attached hydrogens (primary N) is 1. The van der Waals surface area contributed by atoms with Gasteiger partial charge in [-0.1, -0.05) is 19.1 Å². The SMILES string of the molecule is C/C=c1/c(C)nnc(NCc2cc(N)nc(C(F)(F)F)c2C)/c1=C/C(=C/CC)N1C[C@@H]2OCC21. The second kappa shape index (κ2) is 9.25. The molecule has 182 valence electrons. The topological polar surface area (TPSA) is 89.2 Å². The van der Waals surface area contributed by atoms with Crippen LogP contribution in [0.4, 0.5) is 24.8 Å². The number of fused-ring (bicyclic) bond motifs is 1. The number of anilines is 2. The fourth-order valence-corrected chi connectivity index (χ4v) is 4.41. The van der Waals surface area contributed by atoms with Crippen LogP contribution in [-0.2, 0) is 17.5 Å². The first-order chi connectivity index (χ1) is 16.1. The predicted molar refractivity (Wildman–Crippen MR) is 125 cm³/mol. The third-order valence-corrected chi connectivity index (χ3v) is 6.36. The Labute approximate surface area is 196 Å². The summed E-state index contributed by atoms with van der Waals surface area (Å²) in [4.78, 5) is 5.81. The monoisotopic (exact) mass is 474 g/mol. The maximum atomic E-state index is 13.4. The Kier molecular flexibility index (Phi) is 6.53. The Morgan fingerprint density at radius 1 is 1.29 bits per heavy atom. The van der Waals surface area contributed by atoms with E-state index in [9.17, 15) is 13.2 Å². The lowest BCUT2D eigenvalue weighted by Crippen LogP contribution is -2.69. The van der Waals surface area contributed by atoms with Crippen LogP contribution in [0.25, 0.3) is 12.2 Å². The summed E-state index contributed by atoms with van der Waals surface area (Å²) >= 11 is 0. The first kappa shape index (κ1) is 24.0. The molecule has 2 aliphatic heterocycles. The van der Waals surface area contributed by atoms with Crippen LogP contribution in [0, 0.1) is 13.8 Å². The van der Waals surface area contributed by atoms with Crippen molar-refractivity contribution in [1.29, 1.82) is 0 Å². The minimum absolute atomic E-state index is 0.0326. The molecular formula is C24H29F3N6O. The van der Waals surface area contributed by atoms with Crippen molar-refractivity contribution in [2.75, 3.05) is 24.2 Å². The summed E-state index contributed by atoms with van der Waals surface area (Å²) in [5, 5.41) is 13.5. The largest absolute Gasteiger partial charge is 0.433 e. The molecule has 0 spiro atoms. The minimum atomic E-state index is -4.58. The van der Waals surface area contributed by atoms with Gasteiger partial charge in [-0.3, -0.25) is 0 Å². The molecule has 2 fully saturated rings. The van der Waals surface area contributed by atoms with Crippen molar-refractivity contribution < 1.29 is 17.9 Å². The summed E-state index contributed by atoms with van der Waals surface area (Å²) in [5.41, 5.74) is 6.98. The zero-order valence-electron chi connectivity index (χ0n) is 19.7. The average Bonchev–Trinajstić information content (AvgIpc) is 2.76. The van der Waals surface area contributed by atoms with Crippen LogP contribution in [0.15, 0.2) is 17.8 Å². The van der Waals surface area contributed by atoms with E-state index in [1.807, 2.05) is 19.9 Å². The van der Waals surface area contributed by atoms with Gasteiger partial charge in [0.15, 0.2) is 5.82 Å². The smallest absolute Gasteiger partial charge is 0.384 e. The molecule has 10 heteroatoms. The fraction of sp³-hybridized carbons (Fsp3) is 0.458. The first-order valence-corrected chi connectivity index (χ1v) is 11.3. The zero-order chi connectivity index (χ0) is 24.6. The van der Waals surface area contributed by atoms with E-state index in [4.69, 9.17) is 10.5 Å². The van der Waals surface area contributed by atoms with Gasteiger partial charge in [0.2, 0.25) is 0 Å². The number of alkyl halides is 3. The van der Waals surface area contributed by atoms with Gasteiger partial charge in [-0.2, -0.15) is 18.3 Å². The number of rotatable bonds is 6. The number of likely N-dealkylation sites (tertiary alicyclic amines) is 1. The normalized spacial score (nSPS) is 21.3. The molecule has 4 heterocycles. The average molecular weight is 475 g/mol. The van der Waals surface area contributed by atoms with Gasteiger partial charge in [-0.05, 0) is 50.5 Å². The molecule has 0 radical (unpaired) electrons. The molecule has 2 atom stereocenters. The van der Waals surface area contributed by atoms with Crippen LogP contribution in [0.5, 0.6) is 0 Å². The van der Waals surface area contributed by atoms with Gasteiger partial charge in [0, 0.05) is 29.2 Å². The highest BCUT2D eigenvalue weighted by Gasteiger charge is 2.47. The van der Waals surface area contributed by atoms with Crippen molar-refractivity contribution in [2.24, 2.45) is 0 Å². The summed E-state index contributed by atoms with van der Waals surface area (Å²) in [7, 11) is 0. The predicted octanol–water partition coefficient (Wildman–Crippen LogP) is 2.66. The van der Waals surface area contributed by atoms with Gasteiger partial charge in [-0.25, -0.2) is 4.98 Å². The van der Waals surface area contributed by atoms with Crippen LogP contribution < -0.4 is 21.5 Å². The van der Waals surface area contributed by atoms with Crippen molar-refractivity contribution >= 4 is 23.8 Å². The molecule has 4 rings (SSSR count). The highest BCUT2D eigenvalue weighted by atomic mass is 19.4. The summed E-state index contributed by atoms with van der Waals surface area (Å²) in [6.45, 7) is 8.95. The number of aryl methyl sites for hydroxylation is 1. The molecule has 0 aromatic carbocycles. The van der Waals surface area contributed by atoms with E-state index < -0.39 is 11.9 Å². The van der Waals surface area contributed by atoms with Crippen molar-refractivity contribution in [3.05, 3.63) is 50.8 Å². The Bertz CT molecular complexity index is 1240. The summed E-state index contributed by atoms with van der Waals surface area (Å²) in [5.74, 6) is 0.313. The van der Waals surface area contributed by atoms with Gasteiger partial charge in [-0.15, -0.1) is 5.10 Å². The van der Waals surface area contributed by atoms with E-state index in [2.05, 4.69) is 44.5 Å². The van der Waals surface area contributed by atoms with Crippen LogP contribution >= 0.6 is 0 Å². The number of nitrogen functional groups attached to an aromatic ring is 1. The number of nitrogens with one attached hydrogen (secondary N) is 1. The quantitative estimate of drug-likeness (QED) is 0.666. The molecule has 3 N–H and O–H groups in total. The van der Waals surface area contributed by atoms with Crippen LogP contribution in [0.3, 0.4) is 0 Å². The fourth-order valence-electron chi connectivity index (χ4n) is 4.41. The van der Waals surface area contributed by atoms with Crippen molar-refractivity contribution in [2.45, 2.75) is 59.0 Å². The van der Waals surface area contributed by atoms with E-state index in [0.29, 0.717) is 23.5 Å².